The van der Waals surface area contributed by atoms with E-state index in [2.05, 4.69) is 28.6 Å². The summed E-state index contributed by atoms with van der Waals surface area (Å²) in [6, 6.07) is 4.04. The summed E-state index contributed by atoms with van der Waals surface area (Å²) in [7, 11) is 1.78. The number of aromatic hydroxyl groups is 1. The van der Waals surface area contributed by atoms with Gasteiger partial charge in [-0.05, 0) is 11.8 Å². The maximum Gasteiger partial charge on any atom is 0.116 e. The molecule has 2 nitrogen and oxygen atoms in total. The van der Waals surface area contributed by atoms with Crippen molar-refractivity contribution in [2.24, 2.45) is 0 Å². The van der Waals surface area contributed by atoms with Crippen molar-refractivity contribution in [3.05, 3.63) is 58.5 Å². The first-order valence-electron chi connectivity index (χ1n) is 4.91. The number of hydrogen-bond donors (Lipinski definition) is 1. The Labute approximate surface area is 139 Å². The van der Waals surface area contributed by atoms with Gasteiger partial charge in [-0.1, -0.05) is 22.3 Å². The Hall–Kier alpha value is -0.446. The molecule has 0 fully saturated rings. The summed E-state index contributed by atoms with van der Waals surface area (Å²) in [4.78, 5) is 1.74. The van der Waals surface area contributed by atoms with Crippen LogP contribution in [0.3, 0.4) is 0 Å². The second-order valence-electron chi connectivity index (χ2n) is 3.66. The van der Waals surface area contributed by atoms with E-state index in [-0.39, 0.29) is 38.5 Å². The summed E-state index contributed by atoms with van der Waals surface area (Å²) in [6.45, 7) is 3.88. The topological polar surface area (TPSA) is 23.5 Å². The number of allylic oxidation sites excluding steroid dienone is 3. The molecule has 1 radical (unpaired) electrons. The Morgan fingerprint density at radius 2 is 2.11 bits per heavy atom. The largest absolute Gasteiger partial charge is 0.508 e. The van der Waals surface area contributed by atoms with Crippen LogP contribution in [-0.2, 0) is 32.7 Å². The van der Waals surface area contributed by atoms with Crippen molar-refractivity contribution in [1.29, 1.82) is 0 Å². The first-order chi connectivity index (χ1) is 8.00. The summed E-state index contributed by atoms with van der Waals surface area (Å²) in [6.07, 6.45) is 4.68. The number of hydrogen-bond acceptors (Lipinski definition) is 2. The number of likely N-dealkylation sites (N-methyl/N-ethyl adjacent to an activating group) is 1. The molecule has 0 atom stereocenters. The Balaban J connectivity index is 0.00000162. The van der Waals surface area contributed by atoms with Crippen LogP contribution in [0.25, 0.3) is 5.70 Å². The minimum atomic E-state index is -0.487. The van der Waals surface area contributed by atoms with Crippen molar-refractivity contribution < 1.29 is 42.2 Å². The molecule has 0 aliphatic carbocycles. The Kier molecular flexibility index (Phi) is 5.32. The second kappa shape index (κ2) is 6.13. The molecular formula is C13H10BrFNOY-. The summed E-state index contributed by atoms with van der Waals surface area (Å²) < 4.78 is 14.5. The average molecular weight is 384 g/mol. The van der Waals surface area contributed by atoms with Crippen molar-refractivity contribution in [3.63, 3.8) is 0 Å². The number of phenolic OH excluding ortho intramolecular Hbond substituents is 1. The van der Waals surface area contributed by atoms with Gasteiger partial charge in [-0.25, -0.2) is 4.39 Å². The van der Waals surface area contributed by atoms with Gasteiger partial charge in [0.25, 0.3) is 0 Å². The van der Waals surface area contributed by atoms with Crippen molar-refractivity contribution in [2.45, 2.75) is 0 Å². The van der Waals surface area contributed by atoms with Gasteiger partial charge in [-0.3, -0.25) is 0 Å². The van der Waals surface area contributed by atoms with E-state index >= 15 is 0 Å². The second-order valence-corrected chi connectivity index (χ2v) is 4.51. The van der Waals surface area contributed by atoms with Crippen LogP contribution in [0.15, 0.2) is 41.0 Å². The van der Waals surface area contributed by atoms with Gasteiger partial charge in [-0.15, -0.1) is 22.0 Å². The third kappa shape index (κ3) is 2.93. The van der Waals surface area contributed by atoms with Crippen LogP contribution in [0.2, 0.25) is 0 Å². The molecule has 0 aromatic heterocycles. The van der Waals surface area contributed by atoms with Gasteiger partial charge in [0.1, 0.15) is 5.75 Å². The van der Waals surface area contributed by atoms with Crippen molar-refractivity contribution >= 4 is 21.6 Å². The number of nitrogens with zero attached hydrogens (tertiary/aromatic N) is 1. The van der Waals surface area contributed by atoms with Gasteiger partial charge >= 0.3 is 0 Å². The van der Waals surface area contributed by atoms with Gasteiger partial charge in [0.05, 0.1) is 5.82 Å². The third-order valence-electron chi connectivity index (χ3n) is 2.56. The molecule has 1 heterocycles. The minimum absolute atomic E-state index is 0. The van der Waals surface area contributed by atoms with E-state index in [9.17, 15) is 9.50 Å². The van der Waals surface area contributed by atoms with E-state index in [4.69, 9.17) is 0 Å². The van der Waals surface area contributed by atoms with Gasteiger partial charge in [0.15, 0.2) is 0 Å². The molecule has 5 heteroatoms. The summed E-state index contributed by atoms with van der Waals surface area (Å²) in [5.74, 6) is -0.584. The zero-order valence-corrected chi connectivity index (χ0v) is 14.2. The number of phenols is 1. The van der Waals surface area contributed by atoms with Crippen molar-refractivity contribution in [1.82, 2.24) is 4.90 Å². The standard InChI is InChI=1S/C13H10BrFNO.Y/c1-8-11(14)5-6-13(16(8)2)10-4-3-9(17)7-12(10)15;/h3-5,7,17H,1H2,2H3;/q-1;. The molecule has 0 saturated heterocycles. The van der Waals surface area contributed by atoms with Gasteiger partial charge in [0.2, 0.25) is 0 Å². The van der Waals surface area contributed by atoms with Crippen LogP contribution in [0.1, 0.15) is 5.56 Å². The fourth-order valence-electron chi connectivity index (χ4n) is 1.56. The number of benzene rings is 1. The van der Waals surface area contributed by atoms with E-state index in [1.54, 1.807) is 18.0 Å². The van der Waals surface area contributed by atoms with E-state index in [0.29, 0.717) is 11.3 Å². The fourth-order valence-corrected chi connectivity index (χ4v) is 1.94. The predicted molar refractivity (Wildman–Crippen MR) is 68.6 cm³/mol. The summed E-state index contributed by atoms with van der Waals surface area (Å²) in [5.41, 5.74) is 1.68. The number of halogens is 2. The summed E-state index contributed by atoms with van der Waals surface area (Å²) in [5, 5.41) is 9.18. The fraction of sp³-hybridized carbons (Fsp3) is 0.0769. The molecule has 1 aromatic carbocycles. The molecule has 0 spiro atoms. The van der Waals surface area contributed by atoms with Crippen LogP contribution in [0.5, 0.6) is 5.75 Å². The monoisotopic (exact) mass is 383 g/mol. The smallest absolute Gasteiger partial charge is 0.116 e. The van der Waals surface area contributed by atoms with Gasteiger partial charge < -0.3 is 10.0 Å². The van der Waals surface area contributed by atoms with E-state index in [0.717, 1.165) is 16.2 Å². The molecular weight excluding hydrogens is 374 g/mol. The zero-order valence-electron chi connectivity index (χ0n) is 9.74. The molecule has 91 valence electrons. The molecule has 18 heavy (non-hydrogen) atoms. The molecule has 0 saturated carbocycles. The van der Waals surface area contributed by atoms with Crippen molar-refractivity contribution in [3.8, 4) is 5.75 Å². The molecule has 1 N–H and O–H groups in total. The van der Waals surface area contributed by atoms with Crippen LogP contribution < -0.4 is 0 Å². The van der Waals surface area contributed by atoms with Gasteiger partial charge in [-0.2, -0.15) is 12.2 Å². The normalized spacial score (nSPS) is 14.8. The van der Waals surface area contributed by atoms with E-state index in [1.165, 1.54) is 12.1 Å². The SMILES string of the molecule is C=C1C(Br)=C[C-]=C(c2ccc(O)cc2F)N1C.[Y]. The Morgan fingerprint density at radius 1 is 1.44 bits per heavy atom. The summed E-state index contributed by atoms with van der Waals surface area (Å²) >= 11 is 3.33. The van der Waals surface area contributed by atoms with Crippen LogP contribution in [0.4, 0.5) is 4.39 Å². The van der Waals surface area contributed by atoms with Crippen LogP contribution in [-0.4, -0.2) is 17.1 Å². The quantitative estimate of drug-likeness (QED) is 0.751. The molecule has 0 bridgehead atoms. The molecule has 0 amide bonds. The third-order valence-corrected chi connectivity index (χ3v) is 3.25. The Morgan fingerprint density at radius 3 is 2.72 bits per heavy atom. The first kappa shape index (κ1) is 15.6. The van der Waals surface area contributed by atoms with Crippen LogP contribution >= 0.6 is 15.9 Å². The zero-order chi connectivity index (χ0) is 12.6. The van der Waals surface area contributed by atoms with E-state index < -0.39 is 5.82 Å². The predicted octanol–water partition coefficient (Wildman–Crippen LogP) is 3.41. The maximum atomic E-state index is 13.7. The van der Waals surface area contributed by atoms with Crippen LogP contribution in [0, 0.1) is 11.9 Å². The number of rotatable bonds is 1. The molecule has 0 unspecified atom stereocenters. The first-order valence-corrected chi connectivity index (χ1v) is 5.71. The Bertz CT molecular complexity index is 554. The van der Waals surface area contributed by atoms with E-state index in [1.807, 2.05) is 0 Å². The molecule has 1 aliphatic heterocycles. The molecule has 2 rings (SSSR count). The molecule has 1 aliphatic rings. The maximum absolute atomic E-state index is 13.7. The average Bonchev–Trinajstić information content (AvgIpc) is 2.28. The van der Waals surface area contributed by atoms with Gasteiger partial charge in [0, 0.05) is 45.8 Å². The van der Waals surface area contributed by atoms with Crippen molar-refractivity contribution in [2.75, 3.05) is 7.05 Å². The minimum Gasteiger partial charge on any atom is -0.508 e. The molecule has 1 aromatic rings.